The number of hydrogen-bond donors (Lipinski definition) is 7. The molecule has 0 amide bonds. The van der Waals surface area contributed by atoms with Crippen LogP contribution >= 0.6 is 8.60 Å². The normalized spacial score (nSPS) is 11.1. The maximum Gasteiger partial charge on any atom is 0.324 e. The molecule has 0 radical (unpaired) electrons. The summed E-state index contributed by atoms with van der Waals surface area (Å²) in [5.41, 5.74) is -1.11. The van der Waals surface area contributed by atoms with E-state index in [2.05, 4.69) is 0 Å². The quantitative estimate of drug-likeness (QED) is 0.251. The van der Waals surface area contributed by atoms with E-state index in [1.54, 1.807) is 0 Å². The van der Waals surface area contributed by atoms with Crippen LogP contribution in [0.3, 0.4) is 0 Å². The van der Waals surface area contributed by atoms with Crippen LogP contribution in [0.15, 0.2) is 0 Å². The van der Waals surface area contributed by atoms with Crippen molar-refractivity contribution in [2.75, 3.05) is 26.4 Å². The minimum absolute atomic E-state index is 0.406. The van der Waals surface area contributed by atoms with E-state index in [4.69, 9.17) is 35.1 Å². The Bertz CT molecular complexity index is 84.8. The van der Waals surface area contributed by atoms with Gasteiger partial charge in [-0.3, -0.25) is 0 Å². The summed E-state index contributed by atoms with van der Waals surface area (Å²) in [7, 11) is -2.62. The largest absolute Gasteiger partial charge is 0.396 e. The summed E-state index contributed by atoms with van der Waals surface area (Å²) in [4.78, 5) is 21.7. The smallest absolute Gasteiger partial charge is 0.324 e. The third kappa shape index (κ3) is 8.48. The Morgan fingerprint density at radius 2 is 0.846 bits per heavy atom. The van der Waals surface area contributed by atoms with Crippen LogP contribution in [-0.2, 0) is 0 Å². The number of rotatable bonds is 4. The van der Waals surface area contributed by atoms with Crippen molar-refractivity contribution in [3.63, 3.8) is 0 Å². The molecule has 82 valence electrons. The molecule has 0 saturated heterocycles. The Morgan fingerprint density at radius 3 is 0.846 bits per heavy atom. The van der Waals surface area contributed by atoms with Crippen molar-refractivity contribution in [2.24, 2.45) is 5.41 Å². The summed E-state index contributed by atoms with van der Waals surface area (Å²) in [6.45, 7) is -1.62. The molecule has 7 nitrogen and oxygen atoms in total. The number of aliphatic hydroxyl groups excluding tert-OH is 4. The van der Waals surface area contributed by atoms with Gasteiger partial charge in [0, 0.05) is 0 Å². The SMILES string of the molecule is OCC(CO)(CO)CO.OP(O)O. The van der Waals surface area contributed by atoms with Gasteiger partial charge in [0.25, 0.3) is 0 Å². The van der Waals surface area contributed by atoms with Crippen LogP contribution in [0.1, 0.15) is 0 Å². The van der Waals surface area contributed by atoms with E-state index in [0.29, 0.717) is 0 Å². The monoisotopic (exact) mass is 218 g/mol. The lowest BCUT2D eigenvalue weighted by atomic mass is 9.93. The maximum absolute atomic E-state index is 8.50. The van der Waals surface area contributed by atoms with Crippen LogP contribution in [0.2, 0.25) is 0 Å². The van der Waals surface area contributed by atoms with Crippen molar-refractivity contribution >= 4 is 8.60 Å². The molecule has 0 heterocycles. The summed E-state index contributed by atoms with van der Waals surface area (Å²) in [5.74, 6) is 0. The first-order valence-electron chi connectivity index (χ1n) is 3.28. The van der Waals surface area contributed by atoms with E-state index < -0.39 is 40.4 Å². The third-order valence-electron chi connectivity index (χ3n) is 1.34. The van der Waals surface area contributed by atoms with Crippen molar-refractivity contribution in [3.8, 4) is 0 Å². The molecule has 8 heteroatoms. The molecule has 0 aliphatic carbocycles. The molecule has 0 unspecified atom stereocenters. The van der Waals surface area contributed by atoms with Crippen LogP contribution < -0.4 is 0 Å². The molecule has 0 saturated carbocycles. The van der Waals surface area contributed by atoms with Crippen molar-refractivity contribution in [1.29, 1.82) is 0 Å². The molecule has 0 aliphatic heterocycles. The van der Waals surface area contributed by atoms with Crippen LogP contribution in [0.5, 0.6) is 0 Å². The predicted octanol–water partition coefficient (Wildman–Crippen LogP) is -2.87. The highest BCUT2D eigenvalue weighted by molar-refractivity contribution is 7.38. The third-order valence-corrected chi connectivity index (χ3v) is 1.34. The highest BCUT2D eigenvalue weighted by Gasteiger charge is 2.26. The molecule has 0 rings (SSSR count). The maximum atomic E-state index is 8.50. The van der Waals surface area contributed by atoms with Gasteiger partial charge in [-0.15, -0.1) is 0 Å². The molecule has 0 fully saturated rings. The number of hydrogen-bond acceptors (Lipinski definition) is 7. The Labute approximate surface area is 76.5 Å². The standard InChI is InChI=1S/C5H12O4.H3O3P/c6-1-5(2-7,3-8)4-9;1-4(2)3/h6-9H,1-4H2;1-3H. The minimum atomic E-state index is -2.62. The molecular formula is C5H15O7P. The van der Waals surface area contributed by atoms with Gasteiger partial charge in [-0.25, -0.2) is 0 Å². The first-order valence-corrected chi connectivity index (χ1v) is 4.48. The average Bonchev–Trinajstić information content (AvgIpc) is 2.09. The molecule has 0 spiro atoms. The Kier molecular flexibility index (Phi) is 10.5. The van der Waals surface area contributed by atoms with Crippen molar-refractivity contribution in [3.05, 3.63) is 0 Å². The lowest BCUT2D eigenvalue weighted by Crippen LogP contribution is -2.37. The highest BCUT2D eigenvalue weighted by Crippen LogP contribution is 2.12. The van der Waals surface area contributed by atoms with E-state index in [0.717, 1.165) is 0 Å². The lowest BCUT2D eigenvalue weighted by Gasteiger charge is -2.23. The lowest BCUT2D eigenvalue weighted by molar-refractivity contribution is -0.0328. The van der Waals surface area contributed by atoms with Gasteiger partial charge < -0.3 is 35.1 Å². The molecular weight excluding hydrogens is 203 g/mol. The van der Waals surface area contributed by atoms with Crippen molar-refractivity contribution in [1.82, 2.24) is 0 Å². The minimum Gasteiger partial charge on any atom is -0.396 e. The van der Waals surface area contributed by atoms with E-state index in [1.165, 1.54) is 0 Å². The van der Waals surface area contributed by atoms with E-state index in [9.17, 15) is 0 Å². The summed E-state index contributed by atoms with van der Waals surface area (Å²) < 4.78 is 0. The predicted molar refractivity (Wildman–Crippen MR) is 44.4 cm³/mol. The van der Waals surface area contributed by atoms with Gasteiger partial charge in [-0.05, 0) is 0 Å². The molecule has 13 heavy (non-hydrogen) atoms. The second-order valence-electron chi connectivity index (χ2n) is 2.40. The molecule has 0 aliphatic rings. The van der Waals surface area contributed by atoms with Crippen molar-refractivity contribution < 1.29 is 35.1 Å². The fourth-order valence-electron chi connectivity index (χ4n) is 0.300. The topological polar surface area (TPSA) is 142 Å². The van der Waals surface area contributed by atoms with Crippen LogP contribution in [0, 0.1) is 5.41 Å². The molecule has 0 aromatic carbocycles. The first kappa shape index (κ1) is 15.6. The van der Waals surface area contributed by atoms with Crippen LogP contribution in [0.4, 0.5) is 0 Å². The van der Waals surface area contributed by atoms with Gasteiger partial charge in [-0.2, -0.15) is 0 Å². The summed E-state index contributed by atoms with van der Waals surface area (Å²) in [6.07, 6.45) is 0. The fraction of sp³-hybridized carbons (Fsp3) is 1.00. The van der Waals surface area contributed by atoms with Gasteiger partial charge in [0.15, 0.2) is 0 Å². The molecule has 0 atom stereocenters. The summed E-state index contributed by atoms with van der Waals surface area (Å²) in [5, 5.41) is 34.0. The highest BCUT2D eigenvalue weighted by atomic mass is 31.2. The zero-order valence-electron chi connectivity index (χ0n) is 6.91. The zero-order valence-corrected chi connectivity index (χ0v) is 7.80. The van der Waals surface area contributed by atoms with E-state index in [1.807, 2.05) is 0 Å². The summed E-state index contributed by atoms with van der Waals surface area (Å²) >= 11 is 0. The van der Waals surface area contributed by atoms with E-state index >= 15 is 0 Å². The number of aliphatic hydroxyl groups is 4. The van der Waals surface area contributed by atoms with Gasteiger partial charge in [0.1, 0.15) is 0 Å². The molecule has 7 N–H and O–H groups in total. The second kappa shape index (κ2) is 8.74. The summed E-state index contributed by atoms with van der Waals surface area (Å²) in [6, 6.07) is 0. The van der Waals surface area contributed by atoms with E-state index in [-0.39, 0.29) is 0 Å². The van der Waals surface area contributed by atoms with Crippen LogP contribution in [-0.4, -0.2) is 61.5 Å². The Hall–Kier alpha value is 0.150. The Balaban J connectivity index is 0. The van der Waals surface area contributed by atoms with Crippen molar-refractivity contribution in [2.45, 2.75) is 0 Å². The van der Waals surface area contributed by atoms with Gasteiger partial charge >= 0.3 is 8.60 Å². The Morgan fingerprint density at radius 1 is 0.692 bits per heavy atom. The fourth-order valence-corrected chi connectivity index (χ4v) is 0.300. The first-order chi connectivity index (χ1) is 5.97. The molecule has 0 aromatic heterocycles. The average molecular weight is 218 g/mol. The molecule has 0 aromatic rings. The molecule has 0 bridgehead atoms. The van der Waals surface area contributed by atoms with Gasteiger partial charge in [0.05, 0.1) is 31.8 Å². The second-order valence-corrected chi connectivity index (χ2v) is 2.94. The van der Waals surface area contributed by atoms with Crippen LogP contribution in [0.25, 0.3) is 0 Å². The van der Waals surface area contributed by atoms with Gasteiger partial charge in [0.2, 0.25) is 0 Å². The van der Waals surface area contributed by atoms with Gasteiger partial charge in [-0.1, -0.05) is 0 Å². The zero-order chi connectivity index (χ0) is 10.9.